The molecule has 0 aliphatic carbocycles. The first-order valence-electron chi connectivity index (χ1n) is 9.80. The van der Waals surface area contributed by atoms with E-state index in [-0.39, 0.29) is 5.91 Å². The summed E-state index contributed by atoms with van der Waals surface area (Å²) in [5.41, 5.74) is 1.12. The summed E-state index contributed by atoms with van der Waals surface area (Å²) < 4.78 is 24.8. The van der Waals surface area contributed by atoms with Gasteiger partial charge in [0.05, 0.1) is 12.4 Å². The van der Waals surface area contributed by atoms with E-state index in [0.29, 0.717) is 30.6 Å². The van der Waals surface area contributed by atoms with Gasteiger partial charge >= 0.3 is 0 Å². The second-order valence-electron chi connectivity index (χ2n) is 6.94. The lowest BCUT2D eigenvalue weighted by atomic mass is 10.0. The van der Waals surface area contributed by atoms with Crippen molar-refractivity contribution < 1.29 is 18.3 Å². The summed E-state index contributed by atoms with van der Waals surface area (Å²) in [5.74, 6) is 0.0717. The third kappa shape index (κ3) is 9.77. The summed E-state index contributed by atoms with van der Waals surface area (Å²) in [6.45, 7) is 5.63. The van der Waals surface area contributed by atoms with Crippen LogP contribution in [0.4, 0.5) is 5.69 Å². The Morgan fingerprint density at radius 1 is 1.11 bits per heavy atom. The Morgan fingerprint density at radius 3 is 2.30 bits per heavy atom. The van der Waals surface area contributed by atoms with Crippen LogP contribution in [0.1, 0.15) is 70.5 Å². The molecule has 0 aliphatic rings. The predicted octanol–water partition coefficient (Wildman–Crippen LogP) is 3.69. The molecular formula is C20H34N2O4S. The summed E-state index contributed by atoms with van der Waals surface area (Å²) in [6.07, 6.45) is 6.83. The summed E-state index contributed by atoms with van der Waals surface area (Å²) in [6, 6.07) is 6.56. The third-order valence-corrected chi connectivity index (χ3v) is 5.10. The molecule has 0 heterocycles. The minimum Gasteiger partial charge on any atom is -0.388 e. The lowest BCUT2D eigenvalue weighted by Crippen LogP contribution is -2.31. The largest absolute Gasteiger partial charge is 0.388 e. The van der Waals surface area contributed by atoms with E-state index in [0.717, 1.165) is 25.6 Å². The molecule has 1 unspecified atom stereocenters. The monoisotopic (exact) mass is 398 g/mol. The minimum absolute atomic E-state index is 0.0717. The molecule has 1 atom stereocenters. The van der Waals surface area contributed by atoms with Crippen molar-refractivity contribution in [3.63, 3.8) is 0 Å². The van der Waals surface area contributed by atoms with Crippen molar-refractivity contribution in [1.29, 1.82) is 0 Å². The molecule has 6 nitrogen and oxygen atoms in total. The standard InChI is InChI=1S/C20H34N2O4S/c1-4-6-7-8-9-16-22(5-2)20(24)15-14-19(23)17-10-12-18(13-11-17)21-27(3,25)26/h10-13,19,21,23H,4-9,14-16H2,1-3H3. The van der Waals surface area contributed by atoms with Gasteiger partial charge in [0.2, 0.25) is 15.9 Å². The summed E-state index contributed by atoms with van der Waals surface area (Å²) in [4.78, 5) is 14.2. The van der Waals surface area contributed by atoms with Crippen LogP contribution in [-0.2, 0) is 14.8 Å². The third-order valence-electron chi connectivity index (χ3n) is 4.50. The van der Waals surface area contributed by atoms with Crippen molar-refractivity contribution in [2.45, 2.75) is 64.9 Å². The van der Waals surface area contributed by atoms with E-state index < -0.39 is 16.1 Å². The number of rotatable bonds is 13. The number of sulfonamides is 1. The molecule has 0 bridgehead atoms. The zero-order valence-corrected chi connectivity index (χ0v) is 17.6. The maximum absolute atomic E-state index is 12.4. The molecule has 0 spiro atoms. The molecule has 0 fully saturated rings. The smallest absolute Gasteiger partial charge is 0.229 e. The van der Waals surface area contributed by atoms with Crippen LogP contribution in [0, 0.1) is 0 Å². The van der Waals surface area contributed by atoms with E-state index in [2.05, 4.69) is 11.6 Å². The van der Waals surface area contributed by atoms with Crippen molar-refractivity contribution in [2.24, 2.45) is 0 Å². The van der Waals surface area contributed by atoms with Crippen LogP contribution in [0.5, 0.6) is 0 Å². The van der Waals surface area contributed by atoms with Gasteiger partial charge in [0, 0.05) is 25.2 Å². The first kappa shape index (κ1) is 23.4. The van der Waals surface area contributed by atoms with Crippen LogP contribution in [0.25, 0.3) is 0 Å². The highest BCUT2D eigenvalue weighted by Gasteiger charge is 2.15. The number of nitrogens with zero attached hydrogens (tertiary/aromatic N) is 1. The highest BCUT2D eigenvalue weighted by atomic mass is 32.2. The summed E-state index contributed by atoms with van der Waals surface area (Å²) in [5, 5.41) is 10.3. The fraction of sp³-hybridized carbons (Fsp3) is 0.650. The zero-order valence-electron chi connectivity index (χ0n) is 16.8. The number of amides is 1. The highest BCUT2D eigenvalue weighted by molar-refractivity contribution is 7.92. The number of carbonyl (C=O) groups is 1. The van der Waals surface area contributed by atoms with Gasteiger partial charge in [0.25, 0.3) is 0 Å². The summed E-state index contributed by atoms with van der Waals surface area (Å²) >= 11 is 0. The molecule has 2 N–H and O–H groups in total. The molecule has 27 heavy (non-hydrogen) atoms. The van der Waals surface area contributed by atoms with Crippen molar-refractivity contribution in [2.75, 3.05) is 24.1 Å². The second-order valence-corrected chi connectivity index (χ2v) is 8.69. The Bertz CT molecular complexity index is 659. The molecule has 1 aromatic carbocycles. The van der Waals surface area contributed by atoms with E-state index in [1.807, 2.05) is 11.8 Å². The maximum atomic E-state index is 12.4. The van der Waals surface area contributed by atoms with Gasteiger partial charge in [-0.3, -0.25) is 9.52 Å². The normalized spacial score (nSPS) is 12.6. The van der Waals surface area contributed by atoms with Crippen LogP contribution in [0.15, 0.2) is 24.3 Å². The van der Waals surface area contributed by atoms with E-state index in [1.165, 1.54) is 19.3 Å². The quantitative estimate of drug-likeness (QED) is 0.496. The van der Waals surface area contributed by atoms with Crippen molar-refractivity contribution in [3.8, 4) is 0 Å². The molecule has 0 aliphatic heterocycles. The fourth-order valence-electron chi connectivity index (χ4n) is 2.94. The average Bonchev–Trinajstić information content (AvgIpc) is 2.61. The highest BCUT2D eigenvalue weighted by Crippen LogP contribution is 2.21. The van der Waals surface area contributed by atoms with Gasteiger partial charge < -0.3 is 10.0 Å². The molecule has 0 saturated carbocycles. The predicted molar refractivity (Wildman–Crippen MR) is 110 cm³/mol. The molecule has 0 saturated heterocycles. The van der Waals surface area contributed by atoms with Crippen LogP contribution in [-0.4, -0.2) is 43.7 Å². The number of benzene rings is 1. The zero-order chi connectivity index (χ0) is 20.3. The average molecular weight is 399 g/mol. The van der Waals surface area contributed by atoms with Gasteiger partial charge in [-0.25, -0.2) is 8.42 Å². The Hall–Kier alpha value is -1.60. The van der Waals surface area contributed by atoms with Crippen LogP contribution >= 0.6 is 0 Å². The molecule has 7 heteroatoms. The molecule has 0 aromatic heterocycles. The number of hydrogen-bond acceptors (Lipinski definition) is 4. The number of carbonyl (C=O) groups excluding carboxylic acids is 1. The number of unbranched alkanes of at least 4 members (excludes halogenated alkanes) is 4. The van der Waals surface area contributed by atoms with E-state index >= 15 is 0 Å². The molecular weight excluding hydrogens is 364 g/mol. The Labute approximate surface area is 164 Å². The SMILES string of the molecule is CCCCCCCN(CC)C(=O)CCC(O)c1ccc(NS(C)(=O)=O)cc1. The van der Waals surface area contributed by atoms with Gasteiger partial charge in [-0.1, -0.05) is 44.7 Å². The topological polar surface area (TPSA) is 86.7 Å². The Balaban J connectivity index is 2.44. The number of anilines is 1. The van der Waals surface area contributed by atoms with Crippen LogP contribution in [0.2, 0.25) is 0 Å². The second kappa shape index (κ2) is 12.0. The van der Waals surface area contributed by atoms with Crippen molar-refractivity contribution in [1.82, 2.24) is 4.90 Å². The van der Waals surface area contributed by atoms with Gasteiger partial charge in [-0.15, -0.1) is 0 Å². The number of aliphatic hydroxyl groups is 1. The van der Waals surface area contributed by atoms with Crippen LogP contribution < -0.4 is 4.72 Å². The minimum atomic E-state index is -3.32. The van der Waals surface area contributed by atoms with Gasteiger partial charge in [-0.2, -0.15) is 0 Å². The van der Waals surface area contributed by atoms with E-state index in [1.54, 1.807) is 24.3 Å². The van der Waals surface area contributed by atoms with Crippen molar-refractivity contribution >= 4 is 21.6 Å². The fourth-order valence-corrected chi connectivity index (χ4v) is 3.50. The maximum Gasteiger partial charge on any atom is 0.229 e. The van der Waals surface area contributed by atoms with Gasteiger partial charge in [0.15, 0.2) is 0 Å². The molecule has 1 aromatic rings. The molecule has 154 valence electrons. The number of nitrogens with one attached hydrogen (secondary N) is 1. The Kier molecular flexibility index (Phi) is 10.4. The molecule has 0 radical (unpaired) electrons. The van der Waals surface area contributed by atoms with E-state index in [4.69, 9.17) is 0 Å². The van der Waals surface area contributed by atoms with E-state index in [9.17, 15) is 18.3 Å². The lowest BCUT2D eigenvalue weighted by Gasteiger charge is -2.21. The molecule has 1 rings (SSSR count). The van der Waals surface area contributed by atoms with Gasteiger partial charge in [-0.05, 0) is 37.5 Å². The lowest BCUT2D eigenvalue weighted by molar-refractivity contribution is -0.131. The first-order chi connectivity index (χ1) is 12.8. The van der Waals surface area contributed by atoms with Gasteiger partial charge in [0.1, 0.15) is 0 Å². The van der Waals surface area contributed by atoms with Crippen LogP contribution in [0.3, 0.4) is 0 Å². The number of hydrogen-bond donors (Lipinski definition) is 2. The summed E-state index contributed by atoms with van der Waals surface area (Å²) in [7, 11) is -3.32. The molecule has 1 amide bonds. The number of aliphatic hydroxyl groups excluding tert-OH is 1. The Morgan fingerprint density at radius 2 is 1.74 bits per heavy atom. The first-order valence-corrected chi connectivity index (χ1v) is 11.7. The van der Waals surface area contributed by atoms with Crippen molar-refractivity contribution in [3.05, 3.63) is 29.8 Å².